The zero-order chi connectivity index (χ0) is 19.1. The predicted molar refractivity (Wildman–Crippen MR) is 104 cm³/mol. The number of carbonyl (C=O) groups excluding carboxylic acids is 1. The molecule has 6 nitrogen and oxygen atoms in total. The highest BCUT2D eigenvalue weighted by Gasteiger charge is 2.06. The lowest BCUT2D eigenvalue weighted by molar-refractivity contribution is -0.123. The molecule has 0 saturated heterocycles. The fraction of sp³-hybridized carbons (Fsp3) is 0.0500. The standard InChI is InChI=1S/C20H14BrN3O3/c21-16-7-5-14(6-8-16)19-10-9-17(27-19)12-23-24-20(25)13-26-18-4-2-1-3-15(18)11-22/h1-10,12H,13H2,(H,24,25). The number of ether oxygens (including phenoxy) is 1. The molecule has 134 valence electrons. The lowest BCUT2D eigenvalue weighted by atomic mass is 10.2. The van der Waals surface area contributed by atoms with E-state index in [1.165, 1.54) is 6.21 Å². The number of nitrogens with zero attached hydrogens (tertiary/aromatic N) is 2. The predicted octanol–water partition coefficient (Wildman–Crippen LogP) is 4.11. The molecule has 27 heavy (non-hydrogen) atoms. The van der Waals surface area contributed by atoms with Gasteiger partial charge in [0, 0.05) is 10.0 Å². The number of furan rings is 1. The van der Waals surface area contributed by atoms with E-state index in [1.807, 2.05) is 36.4 Å². The van der Waals surface area contributed by atoms with Crippen LogP contribution in [0.5, 0.6) is 5.75 Å². The number of para-hydroxylation sites is 1. The molecule has 0 aliphatic carbocycles. The second kappa shape index (κ2) is 8.83. The summed E-state index contributed by atoms with van der Waals surface area (Å²) >= 11 is 3.39. The van der Waals surface area contributed by atoms with Crippen molar-refractivity contribution in [3.8, 4) is 23.1 Å². The maximum Gasteiger partial charge on any atom is 0.277 e. The molecule has 0 fully saturated rings. The molecule has 3 rings (SSSR count). The van der Waals surface area contributed by atoms with Crippen LogP contribution in [0.4, 0.5) is 0 Å². The highest BCUT2D eigenvalue weighted by molar-refractivity contribution is 9.10. The molecule has 0 aliphatic heterocycles. The van der Waals surface area contributed by atoms with E-state index in [1.54, 1.807) is 30.3 Å². The molecule has 0 atom stereocenters. The number of amides is 1. The second-order valence-corrected chi connectivity index (χ2v) is 6.31. The fourth-order valence-electron chi connectivity index (χ4n) is 2.22. The van der Waals surface area contributed by atoms with Crippen LogP contribution in [0.3, 0.4) is 0 Å². The van der Waals surface area contributed by atoms with Crippen LogP contribution >= 0.6 is 15.9 Å². The third kappa shape index (κ3) is 5.06. The summed E-state index contributed by atoms with van der Waals surface area (Å²) in [4.78, 5) is 11.8. The maximum absolute atomic E-state index is 11.8. The largest absolute Gasteiger partial charge is 0.482 e. The number of hydrogen-bond donors (Lipinski definition) is 1. The zero-order valence-electron chi connectivity index (χ0n) is 14.1. The van der Waals surface area contributed by atoms with Crippen molar-refractivity contribution in [1.29, 1.82) is 5.26 Å². The molecule has 0 radical (unpaired) electrons. The molecule has 1 amide bonds. The fourth-order valence-corrected chi connectivity index (χ4v) is 2.48. The van der Waals surface area contributed by atoms with Crippen LogP contribution in [0, 0.1) is 11.3 Å². The number of nitrogens with one attached hydrogen (secondary N) is 1. The van der Waals surface area contributed by atoms with Crippen molar-refractivity contribution in [3.63, 3.8) is 0 Å². The summed E-state index contributed by atoms with van der Waals surface area (Å²) in [6.07, 6.45) is 1.41. The van der Waals surface area contributed by atoms with E-state index in [0.29, 0.717) is 22.8 Å². The number of hydrogen-bond acceptors (Lipinski definition) is 5. The molecule has 7 heteroatoms. The van der Waals surface area contributed by atoms with Gasteiger partial charge in [-0.15, -0.1) is 0 Å². The summed E-state index contributed by atoms with van der Waals surface area (Å²) < 4.78 is 12.0. The number of hydrazone groups is 1. The summed E-state index contributed by atoms with van der Waals surface area (Å²) in [5.74, 6) is 1.11. The van der Waals surface area contributed by atoms with Gasteiger partial charge in [-0.05, 0) is 36.4 Å². The van der Waals surface area contributed by atoms with Gasteiger partial charge in [0.25, 0.3) is 5.91 Å². The van der Waals surface area contributed by atoms with E-state index in [9.17, 15) is 4.79 Å². The van der Waals surface area contributed by atoms with Gasteiger partial charge in [-0.25, -0.2) is 5.43 Å². The minimum absolute atomic E-state index is 0.252. The summed E-state index contributed by atoms with van der Waals surface area (Å²) in [5.41, 5.74) is 3.65. The van der Waals surface area contributed by atoms with Crippen LogP contribution in [0.1, 0.15) is 11.3 Å². The Morgan fingerprint density at radius 1 is 1.19 bits per heavy atom. The van der Waals surface area contributed by atoms with E-state index in [-0.39, 0.29) is 6.61 Å². The first kappa shape index (κ1) is 18.4. The van der Waals surface area contributed by atoms with Crippen LogP contribution in [0.25, 0.3) is 11.3 Å². The van der Waals surface area contributed by atoms with Crippen molar-refractivity contribution >= 4 is 28.1 Å². The molecule has 1 aromatic heterocycles. The molecule has 0 bridgehead atoms. The van der Waals surface area contributed by atoms with Crippen LogP contribution < -0.4 is 10.2 Å². The molecule has 0 spiro atoms. The summed E-state index contributed by atoms with van der Waals surface area (Å²) in [6.45, 7) is -0.252. The Bertz CT molecular complexity index is 1000. The molecule has 0 unspecified atom stereocenters. The minimum atomic E-state index is -0.446. The first-order chi connectivity index (χ1) is 13.2. The van der Waals surface area contributed by atoms with E-state index in [4.69, 9.17) is 14.4 Å². The van der Waals surface area contributed by atoms with E-state index in [2.05, 4.69) is 26.5 Å². The van der Waals surface area contributed by atoms with Gasteiger partial charge >= 0.3 is 0 Å². The Hall–Kier alpha value is -3.37. The summed E-state index contributed by atoms with van der Waals surface area (Å²) in [7, 11) is 0. The zero-order valence-corrected chi connectivity index (χ0v) is 15.6. The summed E-state index contributed by atoms with van der Waals surface area (Å²) in [6, 6.07) is 20.0. The highest BCUT2D eigenvalue weighted by Crippen LogP contribution is 2.23. The van der Waals surface area contributed by atoms with Crippen molar-refractivity contribution in [2.75, 3.05) is 6.61 Å². The third-order valence-electron chi connectivity index (χ3n) is 3.50. The lowest BCUT2D eigenvalue weighted by Crippen LogP contribution is -2.24. The third-order valence-corrected chi connectivity index (χ3v) is 4.03. The molecule has 0 aliphatic rings. The first-order valence-electron chi connectivity index (χ1n) is 7.95. The van der Waals surface area contributed by atoms with Crippen molar-refractivity contribution < 1.29 is 13.9 Å². The smallest absolute Gasteiger partial charge is 0.277 e. The van der Waals surface area contributed by atoms with Crippen LogP contribution in [0.2, 0.25) is 0 Å². The molecule has 2 aromatic carbocycles. The average molecular weight is 424 g/mol. The number of rotatable bonds is 6. The molecular weight excluding hydrogens is 410 g/mol. The van der Waals surface area contributed by atoms with Gasteiger partial charge in [-0.1, -0.05) is 40.2 Å². The van der Waals surface area contributed by atoms with Crippen LogP contribution in [-0.2, 0) is 4.79 Å². The molecular formula is C20H14BrN3O3. The van der Waals surface area contributed by atoms with Crippen LogP contribution in [0.15, 0.2) is 74.7 Å². The van der Waals surface area contributed by atoms with Gasteiger partial charge in [0.15, 0.2) is 6.61 Å². The lowest BCUT2D eigenvalue weighted by Gasteiger charge is -2.05. The number of benzene rings is 2. The Morgan fingerprint density at radius 3 is 2.74 bits per heavy atom. The van der Waals surface area contributed by atoms with Gasteiger partial charge in [0.1, 0.15) is 23.3 Å². The van der Waals surface area contributed by atoms with Crippen LogP contribution in [-0.4, -0.2) is 18.7 Å². The Morgan fingerprint density at radius 2 is 1.96 bits per heavy atom. The van der Waals surface area contributed by atoms with Crippen molar-refractivity contribution in [3.05, 3.63) is 76.5 Å². The maximum atomic E-state index is 11.8. The molecule has 1 N–H and O–H groups in total. The SMILES string of the molecule is N#Cc1ccccc1OCC(=O)NN=Cc1ccc(-c2ccc(Br)cc2)o1. The number of carbonyl (C=O) groups is 1. The van der Waals surface area contributed by atoms with Gasteiger partial charge in [0.05, 0.1) is 11.8 Å². The van der Waals surface area contributed by atoms with Gasteiger partial charge in [-0.2, -0.15) is 10.4 Å². The Kier molecular flexibility index (Phi) is 6.02. The molecule has 0 saturated carbocycles. The van der Waals surface area contributed by atoms with Gasteiger partial charge < -0.3 is 9.15 Å². The van der Waals surface area contributed by atoms with E-state index < -0.39 is 5.91 Å². The topological polar surface area (TPSA) is 87.6 Å². The number of halogens is 1. The van der Waals surface area contributed by atoms with Crippen molar-refractivity contribution in [2.24, 2.45) is 5.10 Å². The Balaban J connectivity index is 1.52. The normalized spacial score (nSPS) is 10.5. The Labute approximate surface area is 164 Å². The van der Waals surface area contributed by atoms with Crippen molar-refractivity contribution in [2.45, 2.75) is 0 Å². The van der Waals surface area contributed by atoms with Crippen molar-refractivity contribution in [1.82, 2.24) is 5.43 Å². The molecule has 1 heterocycles. The molecule has 3 aromatic rings. The second-order valence-electron chi connectivity index (χ2n) is 5.40. The highest BCUT2D eigenvalue weighted by atomic mass is 79.9. The number of nitriles is 1. The monoisotopic (exact) mass is 423 g/mol. The van der Waals surface area contributed by atoms with E-state index >= 15 is 0 Å². The quantitative estimate of drug-likeness (QED) is 0.477. The minimum Gasteiger partial charge on any atom is -0.482 e. The summed E-state index contributed by atoms with van der Waals surface area (Å²) in [5, 5.41) is 12.8. The van der Waals surface area contributed by atoms with Gasteiger partial charge in [-0.3, -0.25) is 4.79 Å². The van der Waals surface area contributed by atoms with Gasteiger partial charge in [0.2, 0.25) is 0 Å². The average Bonchev–Trinajstić information content (AvgIpc) is 3.16. The first-order valence-corrected chi connectivity index (χ1v) is 8.74. The van der Waals surface area contributed by atoms with E-state index in [0.717, 1.165) is 10.0 Å².